The van der Waals surface area contributed by atoms with Crippen molar-refractivity contribution in [3.63, 3.8) is 0 Å². The summed E-state index contributed by atoms with van der Waals surface area (Å²) in [5.74, 6) is -2.11. The fraction of sp³-hybridized carbons (Fsp3) is 0.462. The molecule has 0 spiro atoms. The predicted molar refractivity (Wildman–Crippen MR) is 63.6 cm³/mol. The second-order valence-electron chi connectivity index (χ2n) is 4.80. The van der Waals surface area contributed by atoms with E-state index in [4.69, 9.17) is 9.84 Å². The van der Waals surface area contributed by atoms with Crippen LogP contribution < -0.4 is 10.1 Å². The van der Waals surface area contributed by atoms with Crippen molar-refractivity contribution < 1.29 is 23.4 Å². The van der Waals surface area contributed by atoms with Crippen molar-refractivity contribution in [3.05, 3.63) is 29.8 Å². The average molecular weight is 271 g/mol. The Bertz CT molecular complexity index is 475. The molecule has 2 N–H and O–H groups in total. The highest BCUT2D eigenvalue weighted by atomic mass is 19.1. The maximum absolute atomic E-state index is 13.2. The first-order chi connectivity index (χ1) is 9.04. The molecule has 0 atom stereocenters. The van der Waals surface area contributed by atoms with Crippen LogP contribution in [0.15, 0.2) is 18.2 Å². The number of benzene rings is 1. The van der Waals surface area contributed by atoms with Gasteiger partial charge in [0.15, 0.2) is 18.2 Å². The third kappa shape index (κ3) is 3.64. The molecule has 19 heavy (non-hydrogen) atoms. The molecule has 104 valence electrons. The lowest BCUT2D eigenvalue weighted by atomic mass is 10.1. The Labute approximate surface area is 109 Å². The lowest BCUT2D eigenvalue weighted by molar-refractivity contribution is -0.123. The summed E-state index contributed by atoms with van der Waals surface area (Å²) in [4.78, 5) is 11.5. The van der Waals surface area contributed by atoms with Crippen molar-refractivity contribution >= 4 is 5.91 Å². The van der Waals surface area contributed by atoms with Gasteiger partial charge in [0.2, 0.25) is 0 Å². The van der Waals surface area contributed by atoms with Crippen LogP contribution in [0.4, 0.5) is 8.78 Å². The molecule has 1 aliphatic rings. The van der Waals surface area contributed by atoms with Crippen LogP contribution >= 0.6 is 0 Å². The smallest absolute Gasteiger partial charge is 0.257 e. The van der Waals surface area contributed by atoms with E-state index in [-0.39, 0.29) is 24.4 Å². The molecule has 1 aromatic carbocycles. The number of rotatable bonds is 6. The molecular formula is C13H15F2NO3. The van der Waals surface area contributed by atoms with Crippen LogP contribution in [0.5, 0.6) is 5.75 Å². The van der Waals surface area contributed by atoms with Crippen LogP contribution in [0.2, 0.25) is 0 Å². The molecule has 0 heterocycles. The maximum Gasteiger partial charge on any atom is 0.257 e. The minimum absolute atomic E-state index is 0.0424. The third-order valence-corrected chi connectivity index (χ3v) is 3.21. The summed E-state index contributed by atoms with van der Waals surface area (Å²) in [6.45, 7) is 0.0857. The summed E-state index contributed by atoms with van der Waals surface area (Å²) in [5.41, 5.74) is -0.184. The van der Waals surface area contributed by atoms with Gasteiger partial charge in [0.1, 0.15) is 5.82 Å². The zero-order valence-corrected chi connectivity index (χ0v) is 10.3. The van der Waals surface area contributed by atoms with Gasteiger partial charge < -0.3 is 15.2 Å². The van der Waals surface area contributed by atoms with E-state index in [1.54, 1.807) is 0 Å². The number of amides is 1. The molecule has 6 heteroatoms. The van der Waals surface area contributed by atoms with E-state index in [9.17, 15) is 13.6 Å². The highest BCUT2D eigenvalue weighted by molar-refractivity contribution is 5.77. The van der Waals surface area contributed by atoms with Gasteiger partial charge in [-0.2, -0.15) is 0 Å². The predicted octanol–water partition coefficient (Wildman–Crippen LogP) is 1.23. The molecule has 1 saturated carbocycles. The standard InChI is InChI=1S/C13H15F2NO3/c14-9-1-2-11(10(15)5-9)19-6-12(18)16-7-13(8-17)3-4-13/h1-2,5,17H,3-4,6-8H2,(H,16,18). The number of aliphatic hydroxyl groups excluding tert-OH is 1. The minimum atomic E-state index is -0.846. The van der Waals surface area contributed by atoms with Crippen LogP contribution in [0.25, 0.3) is 0 Å². The molecule has 1 fully saturated rings. The zero-order chi connectivity index (χ0) is 13.9. The topological polar surface area (TPSA) is 58.6 Å². The Hall–Kier alpha value is -1.69. The largest absolute Gasteiger partial charge is 0.481 e. The molecule has 0 saturated heterocycles. The first-order valence-electron chi connectivity index (χ1n) is 6.00. The van der Waals surface area contributed by atoms with E-state index < -0.39 is 17.5 Å². The summed E-state index contributed by atoms with van der Waals surface area (Å²) >= 11 is 0. The van der Waals surface area contributed by atoms with Crippen LogP contribution in [0.3, 0.4) is 0 Å². The van der Waals surface area contributed by atoms with Crippen LogP contribution in [0.1, 0.15) is 12.8 Å². The molecule has 0 unspecified atom stereocenters. The van der Waals surface area contributed by atoms with Crippen molar-refractivity contribution in [2.24, 2.45) is 5.41 Å². The fourth-order valence-electron chi connectivity index (χ4n) is 1.64. The van der Waals surface area contributed by atoms with Crippen molar-refractivity contribution in [2.45, 2.75) is 12.8 Å². The highest BCUT2D eigenvalue weighted by Gasteiger charge is 2.42. The number of hydrogen-bond acceptors (Lipinski definition) is 3. The lowest BCUT2D eigenvalue weighted by Crippen LogP contribution is -2.35. The Kier molecular flexibility index (Phi) is 3.99. The number of nitrogens with one attached hydrogen (secondary N) is 1. The SMILES string of the molecule is O=C(COc1ccc(F)cc1F)NCC1(CO)CC1. The fourth-order valence-corrected chi connectivity index (χ4v) is 1.64. The second-order valence-corrected chi connectivity index (χ2v) is 4.80. The minimum Gasteiger partial charge on any atom is -0.481 e. The first-order valence-corrected chi connectivity index (χ1v) is 6.00. The number of ether oxygens (including phenoxy) is 1. The van der Waals surface area contributed by atoms with E-state index in [1.165, 1.54) is 0 Å². The van der Waals surface area contributed by atoms with Gasteiger partial charge >= 0.3 is 0 Å². The van der Waals surface area contributed by atoms with Gasteiger partial charge in [0.25, 0.3) is 5.91 Å². The quantitative estimate of drug-likeness (QED) is 0.818. The third-order valence-electron chi connectivity index (χ3n) is 3.21. The van der Waals surface area contributed by atoms with Gasteiger partial charge in [-0.1, -0.05) is 0 Å². The number of aliphatic hydroxyl groups is 1. The maximum atomic E-state index is 13.2. The van der Waals surface area contributed by atoms with Crippen molar-refractivity contribution in [1.82, 2.24) is 5.32 Å². The summed E-state index contributed by atoms with van der Waals surface area (Å²) in [6, 6.07) is 2.88. The van der Waals surface area contributed by atoms with Crippen molar-refractivity contribution in [3.8, 4) is 5.75 Å². The van der Waals surface area contributed by atoms with Gasteiger partial charge in [0.05, 0.1) is 6.61 Å². The van der Waals surface area contributed by atoms with E-state index in [0.29, 0.717) is 12.6 Å². The van der Waals surface area contributed by atoms with E-state index in [2.05, 4.69) is 5.32 Å². The van der Waals surface area contributed by atoms with Gasteiger partial charge in [-0.15, -0.1) is 0 Å². The second kappa shape index (κ2) is 5.52. The molecule has 0 radical (unpaired) electrons. The monoisotopic (exact) mass is 271 g/mol. The lowest BCUT2D eigenvalue weighted by Gasteiger charge is -2.13. The summed E-state index contributed by atoms with van der Waals surface area (Å²) in [5, 5.41) is 11.7. The molecule has 4 nitrogen and oxygen atoms in total. The highest BCUT2D eigenvalue weighted by Crippen LogP contribution is 2.44. The van der Waals surface area contributed by atoms with E-state index in [0.717, 1.165) is 25.0 Å². The van der Waals surface area contributed by atoms with E-state index in [1.807, 2.05) is 0 Å². The van der Waals surface area contributed by atoms with Gasteiger partial charge in [0, 0.05) is 18.0 Å². The van der Waals surface area contributed by atoms with Gasteiger partial charge in [-0.3, -0.25) is 4.79 Å². The number of hydrogen-bond donors (Lipinski definition) is 2. The molecule has 0 aliphatic heterocycles. The normalized spacial score (nSPS) is 15.9. The summed E-state index contributed by atoms with van der Waals surface area (Å²) in [6.07, 6.45) is 1.77. The molecule has 2 rings (SSSR count). The molecular weight excluding hydrogens is 256 g/mol. The number of carbonyl (C=O) groups excluding carboxylic acids is 1. The Morgan fingerprint density at radius 1 is 1.42 bits per heavy atom. The molecule has 1 aromatic rings. The molecule has 0 aromatic heterocycles. The zero-order valence-electron chi connectivity index (χ0n) is 10.3. The van der Waals surface area contributed by atoms with Crippen LogP contribution in [0, 0.1) is 17.0 Å². The Balaban J connectivity index is 1.77. The van der Waals surface area contributed by atoms with Gasteiger partial charge in [-0.25, -0.2) is 8.78 Å². The Morgan fingerprint density at radius 2 is 2.16 bits per heavy atom. The Morgan fingerprint density at radius 3 is 2.74 bits per heavy atom. The van der Waals surface area contributed by atoms with Gasteiger partial charge in [-0.05, 0) is 25.0 Å². The molecule has 0 bridgehead atoms. The van der Waals surface area contributed by atoms with Crippen molar-refractivity contribution in [2.75, 3.05) is 19.8 Å². The molecule has 1 aliphatic carbocycles. The average Bonchev–Trinajstić information content (AvgIpc) is 3.16. The molecule has 1 amide bonds. The van der Waals surface area contributed by atoms with E-state index >= 15 is 0 Å². The van der Waals surface area contributed by atoms with Crippen LogP contribution in [-0.2, 0) is 4.79 Å². The summed E-state index contributed by atoms with van der Waals surface area (Å²) < 4.78 is 30.8. The first kappa shape index (κ1) is 13.7. The number of carbonyl (C=O) groups is 1. The number of halogens is 2. The summed E-state index contributed by atoms with van der Waals surface area (Å²) in [7, 11) is 0. The van der Waals surface area contributed by atoms with Crippen LogP contribution in [-0.4, -0.2) is 30.8 Å². The van der Waals surface area contributed by atoms with Crippen molar-refractivity contribution in [1.29, 1.82) is 0 Å².